The lowest BCUT2D eigenvalue weighted by Gasteiger charge is -2.23. The van der Waals surface area contributed by atoms with Crippen molar-refractivity contribution in [1.29, 1.82) is 0 Å². The summed E-state index contributed by atoms with van der Waals surface area (Å²) in [5, 5.41) is 4.21. The Kier molecular flexibility index (Phi) is 4.95. The highest BCUT2D eigenvalue weighted by Gasteiger charge is 2.12. The first-order chi connectivity index (χ1) is 7.38. The highest BCUT2D eigenvalue weighted by Crippen LogP contribution is 2.11. The van der Waals surface area contributed by atoms with Gasteiger partial charge in [-0.25, -0.2) is 8.42 Å². The molecule has 92 valence electrons. The molecule has 0 aliphatic carbocycles. The van der Waals surface area contributed by atoms with Crippen LogP contribution in [-0.2, 0) is 16.3 Å². The molecule has 0 saturated carbocycles. The Bertz CT molecular complexity index is 398. The lowest BCUT2D eigenvalue weighted by molar-refractivity contribution is 0.271. The zero-order valence-electron chi connectivity index (χ0n) is 10.0. The molecule has 1 unspecified atom stereocenters. The number of nitrogens with zero attached hydrogens (tertiary/aromatic N) is 1. The molecule has 1 atom stereocenters. The summed E-state index contributed by atoms with van der Waals surface area (Å²) < 4.78 is 22.1. The van der Waals surface area contributed by atoms with Crippen molar-refractivity contribution in [1.82, 2.24) is 4.90 Å². The largest absolute Gasteiger partial charge is 0.302 e. The van der Waals surface area contributed by atoms with Crippen LogP contribution in [0.4, 0.5) is 0 Å². The SMILES string of the molecule is CC(Cc1ccsc1)N(C)CCS(C)(=O)=O. The maximum atomic E-state index is 11.1. The van der Waals surface area contributed by atoms with Gasteiger partial charge in [0.15, 0.2) is 0 Å². The number of thiophene rings is 1. The first-order valence-corrected chi connectivity index (χ1v) is 8.28. The highest BCUT2D eigenvalue weighted by atomic mass is 32.2. The Labute approximate surface area is 102 Å². The summed E-state index contributed by atoms with van der Waals surface area (Å²) in [6.07, 6.45) is 2.26. The Hall–Kier alpha value is -0.390. The summed E-state index contributed by atoms with van der Waals surface area (Å²) in [7, 11) is -0.880. The number of likely N-dealkylation sites (N-methyl/N-ethyl adjacent to an activating group) is 1. The van der Waals surface area contributed by atoms with Crippen molar-refractivity contribution in [2.24, 2.45) is 0 Å². The molecule has 0 aliphatic rings. The second kappa shape index (κ2) is 5.80. The van der Waals surface area contributed by atoms with E-state index in [0.717, 1.165) is 6.42 Å². The van der Waals surface area contributed by atoms with Gasteiger partial charge in [0.25, 0.3) is 0 Å². The van der Waals surface area contributed by atoms with Crippen molar-refractivity contribution >= 4 is 21.2 Å². The molecule has 1 aromatic heterocycles. The maximum absolute atomic E-state index is 11.1. The third-order valence-electron chi connectivity index (χ3n) is 2.68. The molecule has 3 nitrogen and oxygen atoms in total. The molecule has 0 bridgehead atoms. The Morgan fingerprint density at radius 2 is 2.19 bits per heavy atom. The van der Waals surface area contributed by atoms with E-state index in [1.165, 1.54) is 11.8 Å². The molecule has 1 rings (SSSR count). The summed E-state index contributed by atoms with van der Waals surface area (Å²) >= 11 is 1.70. The van der Waals surface area contributed by atoms with Gasteiger partial charge in [0.05, 0.1) is 5.75 Å². The fraction of sp³-hybridized carbons (Fsp3) is 0.636. The standard InChI is InChI=1S/C11H19NO2S2/c1-10(8-11-4-6-15-9-11)12(2)5-7-16(3,13)14/h4,6,9-10H,5,7-8H2,1-3H3. The zero-order chi connectivity index (χ0) is 12.2. The summed E-state index contributed by atoms with van der Waals surface area (Å²) in [5.74, 6) is 0.234. The van der Waals surface area contributed by atoms with E-state index in [0.29, 0.717) is 12.6 Å². The van der Waals surface area contributed by atoms with E-state index in [2.05, 4.69) is 28.7 Å². The van der Waals surface area contributed by atoms with Gasteiger partial charge >= 0.3 is 0 Å². The predicted octanol–water partition coefficient (Wildman–Crippen LogP) is 1.66. The van der Waals surface area contributed by atoms with Gasteiger partial charge in [-0.2, -0.15) is 11.3 Å². The monoisotopic (exact) mass is 261 g/mol. The first kappa shape index (κ1) is 13.7. The van der Waals surface area contributed by atoms with Crippen LogP contribution in [0.2, 0.25) is 0 Å². The summed E-state index contributed by atoms with van der Waals surface area (Å²) in [6, 6.07) is 2.49. The quantitative estimate of drug-likeness (QED) is 0.781. The van der Waals surface area contributed by atoms with Crippen molar-refractivity contribution < 1.29 is 8.42 Å². The predicted molar refractivity (Wildman–Crippen MR) is 69.8 cm³/mol. The Balaban J connectivity index is 2.39. The molecule has 0 radical (unpaired) electrons. The molecule has 0 N–H and O–H groups in total. The minimum atomic E-state index is -2.85. The van der Waals surface area contributed by atoms with Crippen LogP contribution in [0.25, 0.3) is 0 Å². The Morgan fingerprint density at radius 1 is 1.50 bits per heavy atom. The number of hydrogen-bond acceptors (Lipinski definition) is 4. The summed E-state index contributed by atoms with van der Waals surface area (Å²) in [5.41, 5.74) is 1.32. The van der Waals surface area contributed by atoms with Crippen LogP contribution in [0.5, 0.6) is 0 Å². The fourth-order valence-corrected chi connectivity index (χ4v) is 2.74. The molecule has 0 fully saturated rings. The first-order valence-electron chi connectivity index (χ1n) is 5.27. The van der Waals surface area contributed by atoms with Gasteiger partial charge in [-0.3, -0.25) is 0 Å². The molecule has 0 spiro atoms. The lowest BCUT2D eigenvalue weighted by atomic mass is 10.1. The van der Waals surface area contributed by atoms with Crippen LogP contribution in [0.3, 0.4) is 0 Å². The minimum absolute atomic E-state index is 0.234. The molecular formula is C11H19NO2S2. The maximum Gasteiger partial charge on any atom is 0.148 e. The van der Waals surface area contributed by atoms with Gasteiger partial charge in [-0.05, 0) is 42.8 Å². The number of rotatable bonds is 6. The normalized spacial score (nSPS) is 14.2. The Morgan fingerprint density at radius 3 is 2.69 bits per heavy atom. The van der Waals surface area contributed by atoms with Crippen LogP contribution in [0.1, 0.15) is 12.5 Å². The fourth-order valence-electron chi connectivity index (χ4n) is 1.44. The zero-order valence-corrected chi connectivity index (χ0v) is 11.6. The van der Waals surface area contributed by atoms with E-state index >= 15 is 0 Å². The molecule has 0 amide bonds. The van der Waals surface area contributed by atoms with Gasteiger partial charge in [0.2, 0.25) is 0 Å². The van der Waals surface area contributed by atoms with Crippen LogP contribution >= 0.6 is 11.3 Å². The molecule has 1 aromatic rings. The van der Waals surface area contributed by atoms with Crippen molar-refractivity contribution in [2.45, 2.75) is 19.4 Å². The van der Waals surface area contributed by atoms with Gasteiger partial charge in [0.1, 0.15) is 9.84 Å². The number of hydrogen-bond donors (Lipinski definition) is 0. The van der Waals surface area contributed by atoms with Gasteiger partial charge in [0, 0.05) is 18.8 Å². The third kappa shape index (κ3) is 5.09. The summed E-state index contributed by atoms with van der Waals surface area (Å²) in [6.45, 7) is 2.73. The van der Waals surface area contributed by atoms with Crippen LogP contribution in [-0.4, -0.2) is 45.0 Å². The molecule has 5 heteroatoms. The molecule has 0 saturated heterocycles. The highest BCUT2D eigenvalue weighted by molar-refractivity contribution is 7.90. The van der Waals surface area contributed by atoms with Crippen molar-refractivity contribution in [3.63, 3.8) is 0 Å². The molecular weight excluding hydrogens is 242 g/mol. The van der Waals surface area contributed by atoms with Crippen molar-refractivity contribution in [3.8, 4) is 0 Å². The second-order valence-electron chi connectivity index (χ2n) is 4.30. The van der Waals surface area contributed by atoms with E-state index in [1.807, 2.05) is 7.05 Å². The molecule has 16 heavy (non-hydrogen) atoms. The van der Waals surface area contributed by atoms with E-state index in [-0.39, 0.29) is 5.75 Å². The lowest BCUT2D eigenvalue weighted by Crippen LogP contribution is -2.34. The number of sulfone groups is 1. The summed E-state index contributed by atoms with van der Waals surface area (Å²) in [4.78, 5) is 2.10. The van der Waals surface area contributed by atoms with E-state index < -0.39 is 9.84 Å². The second-order valence-corrected chi connectivity index (χ2v) is 7.34. The molecule has 0 aliphatic heterocycles. The average Bonchev–Trinajstić information content (AvgIpc) is 2.65. The van der Waals surface area contributed by atoms with Crippen LogP contribution in [0.15, 0.2) is 16.8 Å². The van der Waals surface area contributed by atoms with Crippen LogP contribution < -0.4 is 0 Å². The smallest absolute Gasteiger partial charge is 0.148 e. The van der Waals surface area contributed by atoms with Crippen molar-refractivity contribution in [3.05, 3.63) is 22.4 Å². The van der Waals surface area contributed by atoms with Crippen molar-refractivity contribution in [2.75, 3.05) is 25.6 Å². The topological polar surface area (TPSA) is 37.4 Å². The van der Waals surface area contributed by atoms with E-state index in [4.69, 9.17) is 0 Å². The van der Waals surface area contributed by atoms with Crippen LogP contribution in [0, 0.1) is 0 Å². The third-order valence-corrected chi connectivity index (χ3v) is 4.33. The average molecular weight is 261 g/mol. The van der Waals surface area contributed by atoms with E-state index in [1.54, 1.807) is 11.3 Å². The van der Waals surface area contributed by atoms with Gasteiger partial charge < -0.3 is 4.90 Å². The van der Waals surface area contributed by atoms with Gasteiger partial charge in [-0.15, -0.1) is 0 Å². The molecule has 0 aromatic carbocycles. The minimum Gasteiger partial charge on any atom is -0.302 e. The van der Waals surface area contributed by atoms with E-state index in [9.17, 15) is 8.42 Å². The molecule has 1 heterocycles. The van der Waals surface area contributed by atoms with Gasteiger partial charge in [-0.1, -0.05) is 0 Å².